The molecule has 0 atom stereocenters. The fourth-order valence-corrected chi connectivity index (χ4v) is 2.01. The second-order valence-electron chi connectivity index (χ2n) is 4.02. The Morgan fingerprint density at radius 3 is 2.50 bits per heavy atom. The Morgan fingerprint density at radius 2 is 1.94 bits per heavy atom. The maximum Gasteiger partial charge on any atom is 0.0642 e. The quantitative estimate of drug-likeness (QED) is 0.805. The van der Waals surface area contributed by atoms with E-state index in [-0.39, 0.29) is 0 Å². The minimum Gasteiger partial charge on any atom is -0.397 e. The molecule has 0 aliphatic carbocycles. The molecule has 102 valence electrons. The number of nitrogen functional groups attached to an aromatic ring is 1. The number of nitrogens with two attached hydrogens (primary N) is 1. The van der Waals surface area contributed by atoms with Crippen molar-refractivity contribution in [3.8, 4) is 0 Å². The predicted molar refractivity (Wildman–Crippen MR) is 78.0 cm³/mol. The molecule has 4 nitrogen and oxygen atoms in total. The molecule has 3 N–H and O–H groups in total. The van der Waals surface area contributed by atoms with Gasteiger partial charge in [-0.25, -0.2) is 0 Å². The van der Waals surface area contributed by atoms with Crippen LogP contribution < -0.4 is 16.0 Å². The van der Waals surface area contributed by atoms with E-state index >= 15 is 0 Å². The van der Waals surface area contributed by atoms with Gasteiger partial charge in [-0.2, -0.15) is 0 Å². The molecular formula is C14H25N3O. The Hall–Kier alpha value is -1.26. The van der Waals surface area contributed by atoms with Crippen LogP contribution in [0.15, 0.2) is 18.2 Å². The topological polar surface area (TPSA) is 50.5 Å². The molecule has 0 radical (unpaired) electrons. The number of anilines is 2. The predicted octanol–water partition coefficient (Wildman–Crippen LogP) is 1.85. The summed E-state index contributed by atoms with van der Waals surface area (Å²) >= 11 is 0. The molecular weight excluding hydrogens is 226 g/mol. The van der Waals surface area contributed by atoms with Gasteiger partial charge in [-0.3, -0.25) is 0 Å². The van der Waals surface area contributed by atoms with Crippen LogP contribution in [0.1, 0.15) is 19.4 Å². The Bertz CT molecular complexity index is 349. The van der Waals surface area contributed by atoms with Gasteiger partial charge in [0.05, 0.1) is 24.6 Å². The van der Waals surface area contributed by atoms with Crippen LogP contribution >= 0.6 is 0 Å². The third-order valence-corrected chi connectivity index (χ3v) is 2.82. The molecule has 1 aliphatic heterocycles. The van der Waals surface area contributed by atoms with E-state index in [0.717, 1.165) is 44.2 Å². The van der Waals surface area contributed by atoms with E-state index in [4.69, 9.17) is 10.5 Å². The van der Waals surface area contributed by atoms with Crippen molar-refractivity contribution in [3.63, 3.8) is 0 Å². The summed E-state index contributed by atoms with van der Waals surface area (Å²) in [5.41, 5.74) is 9.28. The molecule has 0 bridgehead atoms. The van der Waals surface area contributed by atoms with E-state index in [1.807, 2.05) is 27.0 Å². The lowest BCUT2D eigenvalue weighted by atomic mass is 10.1. The number of rotatable bonds is 3. The van der Waals surface area contributed by atoms with Gasteiger partial charge in [-0.1, -0.05) is 19.9 Å². The number of morpholine rings is 1. The fraction of sp³-hybridized carbons (Fsp3) is 0.571. The van der Waals surface area contributed by atoms with E-state index in [1.54, 1.807) is 0 Å². The summed E-state index contributed by atoms with van der Waals surface area (Å²) < 4.78 is 5.33. The first-order valence-electron chi connectivity index (χ1n) is 6.67. The van der Waals surface area contributed by atoms with E-state index in [0.29, 0.717) is 0 Å². The summed E-state index contributed by atoms with van der Waals surface area (Å²) in [6, 6.07) is 6.27. The molecule has 0 unspecified atom stereocenters. The van der Waals surface area contributed by atoms with Crippen molar-refractivity contribution < 1.29 is 4.74 Å². The smallest absolute Gasteiger partial charge is 0.0642 e. The number of benzene rings is 1. The summed E-state index contributed by atoms with van der Waals surface area (Å²) in [5.74, 6) is 0. The minimum atomic E-state index is 0.789. The van der Waals surface area contributed by atoms with Crippen molar-refractivity contribution in [1.29, 1.82) is 0 Å². The third-order valence-electron chi connectivity index (χ3n) is 2.82. The largest absolute Gasteiger partial charge is 0.397 e. The van der Waals surface area contributed by atoms with Gasteiger partial charge in [0.2, 0.25) is 0 Å². The molecule has 0 saturated carbocycles. The Balaban J connectivity index is 0.000000771. The average molecular weight is 251 g/mol. The van der Waals surface area contributed by atoms with Crippen molar-refractivity contribution in [2.75, 3.05) is 44.0 Å². The highest BCUT2D eigenvalue weighted by Gasteiger charge is 2.13. The summed E-state index contributed by atoms with van der Waals surface area (Å²) in [6.45, 7) is 8.29. The SMILES string of the molecule is CC.CNCc1ccc(N2CCOCC2)c(N)c1. The molecule has 0 spiro atoms. The number of nitrogens with zero attached hydrogens (tertiary/aromatic N) is 1. The van der Waals surface area contributed by atoms with E-state index in [1.165, 1.54) is 5.56 Å². The van der Waals surface area contributed by atoms with Gasteiger partial charge < -0.3 is 20.7 Å². The van der Waals surface area contributed by atoms with Gasteiger partial charge >= 0.3 is 0 Å². The van der Waals surface area contributed by atoms with Gasteiger partial charge in [0.15, 0.2) is 0 Å². The normalized spacial score (nSPS) is 14.9. The molecule has 1 saturated heterocycles. The maximum absolute atomic E-state index is 6.07. The number of hydrogen-bond acceptors (Lipinski definition) is 4. The molecule has 0 amide bonds. The first kappa shape index (κ1) is 14.8. The van der Waals surface area contributed by atoms with Gasteiger partial charge in [0.25, 0.3) is 0 Å². The van der Waals surface area contributed by atoms with Crippen LogP contribution in [0.2, 0.25) is 0 Å². The van der Waals surface area contributed by atoms with Crippen LogP contribution in [-0.2, 0) is 11.3 Å². The summed E-state index contributed by atoms with van der Waals surface area (Å²) in [6.07, 6.45) is 0. The third kappa shape index (κ3) is 3.89. The summed E-state index contributed by atoms with van der Waals surface area (Å²) in [7, 11) is 1.94. The summed E-state index contributed by atoms with van der Waals surface area (Å²) in [5, 5.41) is 3.12. The van der Waals surface area contributed by atoms with Crippen molar-refractivity contribution in [2.24, 2.45) is 0 Å². The van der Waals surface area contributed by atoms with Gasteiger partial charge in [-0.05, 0) is 24.7 Å². The van der Waals surface area contributed by atoms with Crippen LogP contribution in [0, 0.1) is 0 Å². The fourth-order valence-electron chi connectivity index (χ4n) is 2.01. The van der Waals surface area contributed by atoms with Crippen molar-refractivity contribution in [2.45, 2.75) is 20.4 Å². The first-order valence-corrected chi connectivity index (χ1v) is 6.67. The van der Waals surface area contributed by atoms with E-state index in [9.17, 15) is 0 Å². The van der Waals surface area contributed by atoms with Crippen LogP contribution in [0.25, 0.3) is 0 Å². The zero-order chi connectivity index (χ0) is 13.4. The van der Waals surface area contributed by atoms with Gasteiger partial charge in [0.1, 0.15) is 0 Å². The molecule has 18 heavy (non-hydrogen) atoms. The Morgan fingerprint density at radius 1 is 1.28 bits per heavy atom. The molecule has 1 aliphatic rings. The van der Waals surface area contributed by atoms with Crippen LogP contribution in [0.5, 0.6) is 0 Å². The number of hydrogen-bond donors (Lipinski definition) is 2. The molecule has 1 aromatic carbocycles. The lowest BCUT2D eigenvalue weighted by Gasteiger charge is -2.30. The van der Waals surface area contributed by atoms with Crippen LogP contribution in [-0.4, -0.2) is 33.4 Å². The van der Waals surface area contributed by atoms with Crippen molar-refractivity contribution >= 4 is 11.4 Å². The zero-order valence-corrected chi connectivity index (χ0v) is 11.7. The molecule has 1 aromatic rings. The first-order chi connectivity index (χ1) is 8.81. The van der Waals surface area contributed by atoms with Crippen molar-refractivity contribution in [1.82, 2.24) is 5.32 Å². The maximum atomic E-state index is 6.07. The highest BCUT2D eigenvalue weighted by Crippen LogP contribution is 2.25. The average Bonchev–Trinajstić information content (AvgIpc) is 2.42. The Kier molecular flexibility index (Phi) is 6.54. The molecule has 0 aromatic heterocycles. The highest BCUT2D eigenvalue weighted by molar-refractivity contribution is 5.68. The molecule has 1 heterocycles. The van der Waals surface area contributed by atoms with Gasteiger partial charge in [0, 0.05) is 19.6 Å². The minimum absolute atomic E-state index is 0.789. The Labute approximate surface area is 110 Å². The molecule has 2 rings (SSSR count). The molecule has 1 fully saturated rings. The van der Waals surface area contributed by atoms with Crippen LogP contribution in [0.4, 0.5) is 11.4 Å². The lowest BCUT2D eigenvalue weighted by molar-refractivity contribution is 0.123. The standard InChI is InChI=1S/C12H19N3O.C2H6/c1-14-9-10-2-3-12(11(13)8-10)15-4-6-16-7-5-15;1-2/h2-3,8,14H,4-7,9,13H2,1H3;1-2H3. The lowest BCUT2D eigenvalue weighted by Crippen LogP contribution is -2.36. The van der Waals surface area contributed by atoms with E-state index < -0.39 is 0 Å². The number of nitrogens with one attached hydrogen (secondary N) is 1. The van der Waals surface area contributed by atoms with Crippen molar-refractivity contribution in [3.05, 3.63) is 23.8 Å². The molecule has 4 heteroatoms. The summed E-state index contributed by atoms with van der Waals surface area (Å²) in [4.78, 5) is 2.28. The second kappa shape index (κ2) is 7.95. The van der Waals surface area contributed by atoms with Crippen LogP contribution in [0.3, 0.4) is 0 Å². The monoisotopic (exact) mass is 251 g/mol. The van der Waals surface area contributed by atoms with E-state index in [2.05, 4.69) is 22.3 Å². The zero-order valence-electron chi connectivity index (χ0n) is 11.7. The number of ether oxygens (including phenoxy) is 1. The highest BCUT2D eigenvalue weighted by atomic mass is 16.5. The second-order valence-corrected chi connectivity index (χ2v) is 4.02. The van der Waals surface area contributed by atoms with Gasteiger partial charge in [-0.15, -0.1) is 0 Å².